The van der Waals surface area contributed by atoms with Gasteiger partial charge in [-0.05, 0) is 53.9 Å². The quantitative estimate of drug-likeness (QED) is 0.440. The summed E-state index contributed by atoms with van der Waals surface area (Å²) >= 11 is 0. The van der Waals surface area contributed by atoms with Crippen molar-refractivity contribution in [2.75, 3.05) is 26.7 Å². The van der Waals surface area contributed by atoms with Crippen molar-refractivity contribution in [1.82, 2.24) is 20.4 Å². The summed E-state index contributed by atoms with van der Waals surface area (Å²) in [5.74, 6) is -0.592. The van der Waals surface area contributed by atoms with E-state index in [1.54, 1.807) is 27.8 Å². The third kappa shape index (κ3) is 9.07. The van der Waals surface area contributed by atoms with Gasteiger partial charge >= 0.3 is 6.09 Å². The Morgan fingerprint density at radius 2 is 1.80 bits per heavy atom. The number of nitrogens with two attached hydrogens (primary N) is 1. The molecule has 0 spiro atoms. The van der Waals surface area contributed by atoms with E-state index >= 15 is 0 Å². The number of hydrogen-bond acceptors (Lipinski definition) is 7. The number of ether oxygens (including phenoxy) is 1. The van der Waals surface area contributed by atoms with Gasteiger partial charge in [0.05, 0.1) is 12.6 Å². The zero-order valence-electron chi connectivity index (χ0n) is 22.3. The van der Waals surface area contributed by atoms with Gasteiger partial charge in [-0.3, -0.25) is 19.3 Å². The summed E-state index contributed by atoms with van der Waals surface area (Å²) in [6.07, 6.45) is 3.69. The second kappa shape index (κ2) is 12.7. The second-order valence-corrected chi connectivity index (χ2v) is 11.2. The van der Waals surface area contributed by atoms with Crippen LogP contribution in [0, 0.1) is 5.92 Å². The number of carbonyl (C=O) groups is 4. The molecule has 4 atom stereocenters. The lowest BCUT2D eigenvalue weighted by molar-refractivity contribution is -0.132. The molecular formula is C25H45N5O5. The molecule has 1 aliphatic heterocycles. The Bertz CT molecular complexity index is 766. The highest BCUT2D eigenvalue weighted by Crippen LogP contribution is 2.33. The Balaban J connectivity index is 1.91. The summed E-state index contributed by atoms with van der Waals surface area (Å²) in [6.45, 7) is 9.93. The smallest absolute Gasteiger partial charge is 0.410 e. The zero-order chi connectivity index (χ0) is 26.3. The van der Waals surface area contributed by atoms with Crippen LogP contribution in [-0.4, -0.2) is 89.9 Å². The first-order valence-corrected chi connectivity index (χ1v) is 12.8. The molecule has 0 aromatic carbocycles. The zero-order valence-corrected chi connectivity index (χ0v) is 22.3. The van der Waals surface area contributed by atoms with Gasteiger partial charge in [0.25, 0.3) is 0 Å². The fourth-order valence-electron chi connectivity index (χ4n) is 4.89. The van der Waals surface area contributed by atoms with Gasteiger partial charge in [0, 0.05) is 50.6 Å². The van der Waals surface area contributed by atoms with Gasteiger partial charge < -0.3 is 26.0 Å². The van der Waals surface area contributed by atoms with Crippen molar-refractivity contribution < 1.29 is 23.9 Å². The van der Waals surface area contributed by atoms with Crippen LogP contribution in [0.1, 0.15) is 73.1 Å². The minimum Gasteiger partial charge on any atom is -0.444 e. The Hall–Kier alpha value is -2.20. The molecule has 0 aromatic rings. The van der Waals surface area contributed by atoms with E-state index in [1.165, 1.54) is 4.90 Å². The average molecular weight is 496 g/mol. The lowest BCUT2D eigenvalue weighted by Crippen LogP contribution is -2.54. The van der Waals surface area contributed by atoms with Crippen molar-refractivity contribution in [2.45, 2.75) is 103 Å². The normalized spacial score (nSPS) is 25.3. The number of carbonyl (C=O) groups excluding carboxylic acids is 4. The molecule has 1 heterocycles. The standard InChI is InChI=1S/C25H45N5O5/c1-16(2)28-23(33)20-13-17(26)15-30(20)19-10-8-7-9-18(19)21(31)14-27-22(32)11-12-29(6)24(34)35-25(3,4)5/h16-20H,7-15,26H2,1-6H3,(H,27,32)(H,28,33)/t17-,18?,19?,20-/m0/s1. The first-order chi connectivity index (χ1) is 16.3. The Morgan fingerprint density at radius 3 is 2.43 bits per heavy atom. The molecule has 2 fully saturated rings. The summed E-state index contributed by atoms with van der Waals surface area (Å²) in [4.78, 5) is 53.8. The van der Waals surface area contributed by atoms with Crippen LogP contribution in [0.25, 0.3) is 0 Å². The number of amides is 3. The number of likely N-dealkylation sites (tertiary alicyclic amines) is 1. The van der Waals surface area contributed by atoms with Gasteiger partial charge in [-0.2, -0.15) is 0 Å². The van der Waals surface area contributed by atoms with Crippen LogP contribution in [-0.2, 0) is 19.1 Å². The van der Waals surface area contributed by atoms with Gasteiger partial charge in [-0.1, -0.05) is 12.8 Å². The minimum atomic E-state index is -0.607. The fraction of sp³-hybridized carbons (Fsp3) is 0.840. The second-order valence-electron chi connectivity index (χ2n) is 11.2. The van der Waals surface area contributed by atoms with Crippen LogP contribution in [0.5, 0.6) is 0 Å². The SMILES string of the molecule is CC(C)NC(=O)[C@@H]1C[C@H](N)CN1C1CCCCC1C(=O)CNC(=O)CCN(C)C(=O)OC(C)(C)C. The highest BCUT2D eigenvalue weighted by Gasteiger charge is 2.44. The maximum atomic E-state index is 13.2. The monoisotopic (exact) mass is 495 g/mol. The maximum absolute atomic E-state index is 13.2. The topological polar surface area (TPSA) is 134 Å². The molecule has 2 unspecified atom stereocenters. The van der Waals surface area contributed by atoms with Crippen LogP contribution in [0.15, 0.2) is 0 Å². The third-order valence-electron chi connectivity index (χ3n) is 6.51. The minimum absolute atomic E-state index is 0.0213. The first kappa shape index (κ1) is 29.0. The summed E-state index contributed by atoms with van der Waals surface area (Å²) in [7, 11) is 1.58. The lowest BCUT2D eigenvalue weighted by atomic mass is 9.80. The molecule has 10 nitrogen and oxygen atoms in total. The largest absolute Gasteiger partial charge is 0.444 e. The van der Waals surface area contributed by atoms with Gasteiger partial charge in [0.2, 0.25) is 11.8 Å². The number of ketones is 1. The Kier molecular flexibility index (Phi) is 10.5. The van der Waals surface area contributed by atoms with E-state index in [4.69, 9.17) is 10.5 Å². The van der Waals surface area contributed by atoms with E-state index in [1.807, 2.05) is 13.8 Å². The Morgan fingerprint density at radius 1 is 1.14 bits per heavy atom. The molecule has 1 aliphatic carbocycles. The predicted octanol–water partition coefficient (Wildman–Crippen LogP) is 1.41. The molecule has 2 aliphatic rings. The van der Waals surface area contributed by atoms with E-state index in [-0.39, 0.29) is 67.2 Å². The molecule has 10 heteroatoms. The molecule has 0 radical (unpaired) electrons. The lowest BCUT2D eigenvalue weighted by Gasteiger charge is -2.40. The van der Waals surface area contributed by atoms with Crippen LogP contribution in [0.4, 0.5) is 4.79 Å². The molecule has 35 heavy (non-hydrogen) atoms. The molecule has 1 saturated carbocycles. The molecule has 0 aromatic heterocycles. The van der Waals surface area contributed by atoms with Crippen LogP contribution >= 0.6 is 0 Å². The van der Waals surface area contributed by atoms with Crippen molar-refractivity contribution in [3.8, 4) is 0 Å². The van der Waals surface area contributed by atoms with Crippen molar-refractivity contribution in [3.05, 3.63) is 0 Å². The Labute approximate surface area is 209 Å². The highest BCUT2D eigenvalue weighted by molar-refractivity contribution is 5.88. The molecule has 0 bridgehead atoms. The summed E-state index contributed by atoms with van der Waals surface area (Å²) in [5, 5.41) is 5.70. The number of nitrogens with zero attached hydrogens (tertiary/aromatic N) is 2. The van der Waals surface area contributed by atoms with Crippen molar-refractivity contribution in [3.63, 3.8) is 0 Å². The highest BCUT2D eigenvalue weighted by atomic mass is 16.6. The molecular weight excluding hydrogens is 450 g/mol. The van der Waals surface area contributed by atoms with Gasteiger partial charge in [0.1, 0.15) is 5.60 Å². The number of nitrogens with one attached hydrogen (secondary N) is 2. The van der Waals surface area contributed by atoms with Gasteiger partial charge in [0.15, 0.2) is 5.78 Å². The summed E-state index contributed by atoms with van der Waals surface area (Å²) in [5.41, 5.74) is 5.62. The van der Waals surface area contributed by atoms with Crippen molar-refractivity contribution in [1.29, 1.82) is 0 Å². The van der Waals surface area contributed by atoms with Crippen LogP contribution in [0.3, 0.4) is 0 Å². The molecule has 2 rings (SSSR count). The van der Waals surface area contributed by atoms with E-state index in [2.05, 4.69) is 15.5 Å². The fourth-order valence-corrected chi connectivity index (χ4v) is 4.89. The number of Topliss-reactive ketones (excluding diaryl/α,β-unsaturated/α-hetero) is 1. The van der Waals surface area contributed by atoms with E-state index < -0.39 is 11.7 Å². The van der Waals surface area contributed by atoms with Crippen LogP contribution in [0.2, 0.25) is 0 Å². The summed E-state index contributed by atoms with van der Waals surface area (Å²) in [6, 6.07) is -0.446. The van der Waals surface area contributed by atoms with E-state index in [0.717, 1.165) is 25.7 Å². The maximum Gasteiger partial charge on any atom is 0.410 e. The molecule has 1 saturated heterocycles. The third-order valence-corrected chi connectivity index (χ3v) is 6.51. The number of rotatable bonds is 9. The van der Waals surface area contributed by atoms with Crippen molar-refractivity contribution in [2.24, 2.45) is 11.7 Å². The van der Waals surface area contributed by atoms with Gasteiger partial charge in [-0.25, -0.2) is 4.79 Å². The molecule has 200 valence electrons. The van der Waals surface area contributed by atoms with Gasteiger partial charge in [-0.15, -0.1) is 0 Å². The van der Waals surface area contributed by atoms with Crippen molar-refractivity contribution >= 4 is 23.7 Å². The molecule has 3 amide bonds. The van der Waals surface area contributed by atoms with E-state index in [0.29, 0.717) is 13.0 Å². The predicted molar refractivity (Wildman–Crippen MR) is 134 cm³/mol. The molecule has 4 N–H and O–H groups in total. The average Bonchev–Trinajstić information content (AvgIpc) is 3.15. The summed E-state index contributed by atoms with van der Waals surface area (Å²) < 4.78 is 5.28. The van der Waals surface area contributed by atoms with Crippen LogP contribution < -0.4 is 16.4 Å². The number of hydrogen-bond donors (Lipinski definition) is 3. The first-order valence-electron chi connectivity index (χ1n) is 12.8. The van der Waals surface area contributed by atoms with E-state index in [9.17, 15) is 19.2 Å².